The van der Waals surface area contributed by atoms with E-state index in [9.17, 15) is 14.4 Å². The third kappa shape index (κ3) is 4.00. The van der Waals surface area contributed by atoms with E-state index in [1.807, 2.05) is 29.2 Å². The molecule has 2 N–H and O–H groups in total. The lowest BCUT2D eigenvalue weighted by atomic mass is 9.78. The van der Waals surface area contributed by atoms with Gasteiger partial charge in [-0.2, -0.15) is 0 Å². The summed E-state index contributed by atoms with van der Waals surface area (Å²) in [5.74, 6) is 1.10. The molecule has 2 aromatic rings. The minimum absolute atomic E-state index is 0.0285. The van der Waals surface area contributed by atoms with Crippen LogP contribution in [0.5, 0.6) is 0 Å². The van der Waals surface area contributed by atoms with Crippen molar-refractivity contribution in [1.82, 2.24) is 5.32 Å². The molecule has 0 spiro atoms. The van der Waals surface area contributed by atoms with Gasteiger partial charge in [-0.25, -0.2) is 0 Å². The molecular weight excluding hydrogens is 378 g/mol. The summed E-state index contributed by atoms with van der Waals surface area (Å²) in [5.41, 5.74) is 1.79. The van der Waals surface area contributed by atoms with Crippen molar-refractivity contribution in [3.05, 3.63) is 55.8 Å². The van der Waals surface area contributed by atoms with E-state index in [2.05, 4.69) is 24.5 Å². The van der Waals surface area contributed by atoms with Gasteiger partial charge in [0.05, 0.1) is 0 Å². The number of benzene rings is 1. The van der Waals surface area contributed by atoms with Crippen LogP contribution in [-0.2, 0) is 6.54 Å². The molecule has 0 unspecified atom stereocenters. The third-order valence-electron chi connectivity index (χ3n) is 7.02. The maximum Gasteiger partial charge on any atom is 0.253 e. The first kappa shape index (κ1) is 20.6. The zero-order valence-corrected chi connectivity index (χ0v) is 17.9. The second-order valence-electron chi connectivity index (χ2n) is 8.97. The fourth-order valence-electron chi connectivity index (χ4n) is 4.79. The highest BCUT2D eigenvalue weighted by molar-refractivity contribution is 5.94. The van der Waals surface area contributed by atoms with Crippen molar-refractivity contribution in [2.75, 3.05) is 23.3 Å². The van der Waals surface area contributed by atoms with Crippen LogP contribution < -0.4 is 26.4 Å². The van der Waals surface area contributed by atoms with Crippen molar-refractivity contribution in [2.45, 2.75) is 58.5 Å². The zero-order valence-electron chi connectivity index (χ0n) is 17.9. The maximum atomic E-state index is 12.6. The Bertz CT molecular complexity index is 969. The molecule has 6 nitrogen and oxygen atoms in total. The van der Waals surface area contributed by atoms with E-state index in [4.69, 9.17) is 0 Å². The molecule has 2 aliphatic rings. The number of hydrogen-bond acceptors (Lipinski definition) is 5. The number of nitrogens with one attached hydrogen (secondary N) is 2. The molecule has 30 heavy (non-hydrogen) atoms. The highest BCUT2D eigenvalue weighted by Crippen LogP contribution is 2.29. The molecule has 3 atom stereocenters. The fourth-order valence-corrected chi connectivity index (χ4v) is 4.79. The lowest BCUT2D eigenvalue weighted by Gasteiger charge is -2.34. The smallest absolute Gasteiger partial charge is 0.253 e. The van der Waals surface area contributed by atoms with Crippen LogP contribution >= 0.6 is 0 Å². The summed E-state index contributed by atoms with van der Waals surface area (Å²) in [6.45, 7) is 6.60. The van der Waals surface area contributed by atoms with E-state index >= 15 is 0 Å². The van der Waals surface area contributed by atoms with Crippen LogP contribution in [0.4, 0.5) is 11.4 Å². The van der Waals surface area contributed by atoms with Crippen molar-refractivity contribution in [3.8, 4) is 0 Å². The summed E-state index contributed by atoms with van der Waals surface area (Å²) in [7, 11) is 0. The van der Waals surface area contributed by atoms with Crippen LogP contribution in [0.2, 0.25) is 0 Å². The number of nitrogens with zero attached hydrogens (tertiary/aromatic N) is 1. The molecule has 2 aromatic carbocycles. The normalized spacial score (nSPS) is 24.2. The minimum atomic E-state index is -0.427. The van der Waals surface area contributed by atoms with E-state index in [-0.39, 0.29) is 17.4 Å². The zero-order chi connectivity index (χ0) is 21.3. The number of carbonyl (C=O) groups is 1. The monoisotopic (exact) mass is 409 g/mol. The standard InChI is InChI=1S/C24H31N3O3/c1-15-6-5-7-19(16(15)2)26-24(30)18-10-8-17(9-11-18)14-25-20-21(23(29)22(20)28)27-12-3-4-13-27/h8-11,15-16,19,25H,3-7,12-14H2,1-2H3,(H,26,30)/t15-,16+,19+/m1/s1. The van der Waals surface area contributed by atoms with Crippen LogP contribution in [0.1, 0.15) is 61.9 Å². The van der Waals surface area contributed by atoms with Gasteiger partial charge < -0.3 is 15.5 Å². The van der Waals surface area contributed by atoms with Crippen LogP contribution in [0, 0.1) is 11.8 Å². The van der Waals surface area contributed by atoms with E-state index in [0.29, 0.717) is 35.3 Å². The summed E-state index contributed by atoms with van der Waals surface area (Å²) < 4.78 is 0. The van der Waals surface area contributed by atoms with E-state index in [1.54, 1.807) is 0 Å². The van der Waals surface area contributed by atoms with Crippen molar-refractivity contribution in [2.24, 2.45) is 11.8 Å². The summed E-state index contributed by atoms with van der Waals surface area (Å²) >= 11 is 0. The van der Waals surface area contributed by atoms with E-state index in [0.717, 1.165) is 44.3 Å². The molecule has 160 valence electrons. The van der Waals surface area contributed by atoms with Gasteiger partial charge in [0.15, 0.2) is 0 Å². The molecule has 1 aliphatic heterocycles. The van der Waals surface area contributed by atoms with Crippen LogP contribution in [0.25, 0.3) is 0 Å². The first-order valence-electron chi connectivity index (χ1n) is 11.2. The highest BCUT2D eigenvalue weighted by atomic mass is 16.2. The third-order valence-corrected chi connectivity index (χ3v) is 7.02. The molecular formula is C24H31N3O3. The molecule has 1 saturated heterocycles. The van der Waals surface area contributed by atoms with Crippen LogP contribution in [0.15, 0.2) is 33.9 Å². The van der Waals surface area contributed by atoms with Crippen LogP contribution in [-0.4, -0.2) is 25.0 Å². The van der Waals surface area contributed by atoms with Crippen LogP contribution in [0.3, 0.4) is 0 Å². The predicted octanol–water partition coefficient (Wildman–Crippen LogP) is 3.05. The van der Waals surface area contributed by atoms with Gasteiger partial charge in [0, 0.05) is 31.2 Å². The van der Waals surface area contributed by atoms with Gasteiger partial charge in [-0.05, 0) is 48.8 Å². The average Bonchev–Trinajstić information content (AvgIpc) is 3.27. The van der Waals surface area contributed by atoms with E-state index < -0.39 is 5.43 Å². The lowest BCUT2D eigenvalue weighted by molar-refractivity contribution is 0.0891. The quantitative estimate of drug-likeness (QED) is 0.717. The fraction of sp³-hybridized carbons (Fsp3) is 0.542. The van der Waals surface area contributed by atoms with Crippen molar-refractivity contribution < 1.29 is 4.79 Å². The molecule has 1 amide bonds. The molecule has 1 aliphatic carbocycles. The molecule has 1 heterocycles. The lowest BCUT2D eigenvalue weighted by Crippen LogP contribution is -2.43. The number of carbonyl (C=O) groups excluding carboxylic acids is 1. The van der Waals surface area contributed by atoms with Gasteiger partial charge in [-0.1, -0.05) is 38.8 Å². The van der Waals surface area contributed by atoms with Gasteiger partial charge in [0.1, 0.15) is 11.4 Å². The highest BCUT2D eigenvalue weighted by Gasteiger charge is 2.29. The van der Waals surface area contributed by atoms with Crippen molar-refractivity contribution in [3.63, 3.8) is 0 Å². The number of rotatable bonds is 6. The SMILES string of the molecule is C[C@H]1[C@H](C)CCC[C@@H]1NC(=O)c1ccc(CNc2c(N3CCCC3)c(=O)c2=O)cc1. The Labute approximate surface area is 177 Å². The molecule has 0 bridgehead atoms. The largest absolute Gasteiger partial charge is 0.376 e. The Kier molecular flexibility index (Phi) is 5.93. The summed E-state index contributed by atoms with van der Waals surface area (Å²) in [6, 6.07) is 7.69. The van der Waals surface area contributed by atoms with Gasteiger partial charge in [-0.3, -0.25) is 14.4 Å². The number of hydrogen-bond donors (Lipinski definition) is 2. The first-order chi connectivity index (χ1) is 14.5. The van der Waals surface area contributed by atoms with Gasteiger partial charge in [-0.15, -0.1) is 0 Å². The molecule has 1 saturated carbocycles. The number of amides is 1. The molecule has 6 heteroatoms. The first-order valence-corrected chi connectivity index (χ1v) is 11.2. The minimum Gasteiger partial charge on any atom is -0.376 e. The molecule has 2 fully saturated rings. The summed E-state index contributed by atoms with van der Waals surface area (Å²) in [4.78, 5) is 38.6. The predicted molar refractivity (Wildman–Crippen MR) is 120 cm³/mol. The Morgan fingerprint density at radius 1 is 1.00 bits per heavy atom. The molecule has 0 aromatic heterocycles. The van der Waals surface area contributed by atoms with Gasteiger partial charge in [0.2, 0.25) is 0 Å². The molecule has 4 rings (SSSR count). The van der Waals surface area contributed by atoms with Crippen molar-refractivity contribution in [1.29, 1.82) is 0 Å². The Balaban J connectivity index is 1.35. The topological polar surface area (TPSA) is 78.5 Å². The van der Waals surface area contributed by atoms with Crippen molar-refractivity contribution >= 4 is 17.3 Å². The second-order valence-corrected chi connectivity index (χ2v) is 8.97. The van der Waals surface area contributed by atoms with Gasteiger partial charge >= 0.3 is 0 Å². The van der Waals surface area contributed by atoms with E-state index in [1.165, 1.54) is 6.42 Å². The average molecular weight is 410 g/mol. The Morgan fingerprint density at radius 3 is 2.40 bits per heavy atom. The maximum absolute atomic E-state index is 12.6. The summed E-state index contributed by atoms with van der Waals surface area (Å²) in [5, 5.41) is 6.34. The summed E-state index contributed by atoms with van der Waals surface area (Å²) in [6.07, 6.45) is 5.55. The number of anilines is 2. The second kappa shape index (κ2) is 8.62. The Morgan fingerprint density at radius 2 is 1.70 bits per heavy atom. The van der Waals surface area contributed by atoms with Gasteiger partial charge in [0.25, 0.3) is 16.8 Å². The molecule has 0 radical (unpaired) electrons. The Hall–Kier alpha value is -2.63.